The smallest absolute Gasteiger partial charge is 0.744 e. The Kier molecular flexibility index (Phi) is 8.63. The molecule has 0 heterocycles. The van der Waals surface area contributed by atoms with Crippen molar-refractivity contribution in [3.63, 3.8) is 0 Å². The van der Waals surface area contributed by atoms with Crippen LogP contribution in [0.15, 0.2) is 93.0 Å². The molecule has 0 aliphatic heterocycles. The number of phenolic OH excluding ortho intramolecular Hbond substituents is 1. The number of carboxylic acids is 1. The molecule has 0 aliphatic carbocycles. The Hall–Kier alpha value is -3.09. The molecule has 158 valence electrons. The number of aromatic carboxylic acids is 1. The Bertz CT molecular complexity index is 1280. The average Bonchev–Trinajstić information content (AvgIpc) is 2.75. The Morgan fingerprint density at radius 3 is 2.28 bits per heavy atom. The van der Waals surface area contributed by atoms with Crippen molar-refractivity contribution in [2.24, 2.45) is 15.3 Å². The van der Waals surface area contributed by atoms with E-state index in [2.05, 4.69) is 20.8 Å². The van der Waals surface area contributed by atoms with E-state index >= 15 is 0 Å². The van der Waals surface area contributed by atoms with Crippen LogP contribution in [0.1, 0.15) is 15.9 Å². The summed E-state index contributed by atoms with van der Waals surface area (Å²) < 4.78 is 33.7. The summed E-state index contributed by atoms with van der Waals surface area (Å²) in [6.07, 6.45) is 0. The molecule has 3 aromatic carbocycles. The number of carboxylic acid groups (broad SMARTS) is 1. The van der Waals surface area contributed by atoms with E-state index in [1.807, 2.05) is 0 Å². The summed E-state index contributed by atoms with van der Waals surface area (Å²) in [5.41, 5.74) is 2.85. The van der Waals surface area contributed by atoms with Crippen molar-refractivity contribution in [1.82, 2.24) is 0 Å². The first-order valence-electron chi connectivity index (χ1n) is 8.68. The van der Waals surface area contributed by atoms with Crippen LogP contribution in [0, 0.1) is 0 Å². The van der Waals surface area contributed by atoms with Gasteiger partial charge in [-0.2, -0.15) is 5.10 Å². The first-order chi connectivity index (χ1) is 14.8. The van der Waals surface area contributed by atoms with Crippen molar-refractivity contribution in [2.75, 3.05) is 5.43 Å². The number of anilines is 1. The van der Waals surface area contributed by atoms with Crippen molar-refractivity contribution >= 4 is 33.3 Å². The number of amidine groups is 1. The number of hydrogen-bond acceptors (Lipinski definition) is 8. The average molecular weight is 462 g/mol. The number of carbonyl (C=O) groups is 1. The minimum absolute atomic E-state index is 0. The summed E-state index contributed by atoms with van der Waals surface area (Å²) in [6.45, 7) is 0. The predicted octanol–water partition coefficient (Wildman–Crippen LogP) is 0.556. The van der Waals surface area contributed by atoms with Gasteiger partial charge in [0, 0.05) is 5.56 Å². The monoisotopic (exact) mass is 462 g/mol. The van der Waals surface area contributed by atoms with Crippen LogP contribution in [-0.4, -0.2) is 35.0 Å². The summed E-state index contributed by atoms with van der Waals surface area (Å²) in [7, 11) is -4.74. The number of benzene rings is 3. The van der Waals surface area contributed by atoms with E-state index in [9.17, 15) is 28.0 Å². The zero-order valence-electron chi connectivity index (χ0n) is 16.7. The Morgan fingerprint density at radius 1 is 0.969 bits per heavy atom. The van der Waals surface area contributed by atoms with Gasteiger partial charge in [-0.1, -0.05) is 42.5 Å². The fourth-order valence-corrected chi connectivity index (χ4v) is 2.95. The van der Waals surface area contributed by atoms with Crippen LogP contribution in [0.4, 0.5) is 11.4 Å². The molecule has 0 amide bonds. The molecule has 0 unspecified atom stereocenters. The number of phenols is 1. The molecule has 10 nitrogen and oxygen atoms in total. The Balaban J connectivity index is 0.00000363. The second kappa shape index (κ2) is 11.0. The van der Waals surface area contributed by atoms with Crippen molar-refractivity contribution < 1.29 is 57.5 Å². The fraction of sp³-hybridized carbons (Fsp3) is 0. The van der Waals surface area contributed by atoms with Gasteiger partial charge in [-0.25, -0.2) is 13.2 Å². The molecule has 3 N–H and O–H groups in total. The van der Waals surface area contributed by atoms with Gasteiger partial charge in [0.05, 0.1) is 16.1 Å². The van der Waals surface area contributed by atoms with E-state index in [1.54, 1.807) is 42.5 Å². The number of nitrogens with one attached hydrogen (secondary N) is 1. The zero-order valence-corrected chi connectivity index (χ0v) is 19.5. The van der Waals surface area contributed by atoms with Crippen LogP contribution in [0.3, 0.4) is 0 Å². The van der Waals surface area contributed by atoms with Crippen molar-refractivity contribution in [1.29, 1.82) is 0 Å². The standard InChI is InChI=1S/C20H16N4O6S.Na/c25-18-11-10-14(31(28,29)30)12-17(18)22-24-19(13-6-2-1-3-7-13)23-21-16-9-5-4-8-15(16)20(26)27;/h1-12,22,25H,(H,26,27)(H,28,29,30);/q;+1/p-1/b23-21?,24-19+;. The van der Waals surface area contributed by atoms with Gasteiger partial charge in [0.2, 0.25) is 5.84 Å². The molecule has 3 rings (SSSR count). The van der Waals surface area contributed by atoms with Crippen LogP contribution in [-0.2, 0) is 10.1 Å². The maximum Gasteiger partial charge on any atom is 1.00 e. The molecule has 0 saturated heterocycles. The molecule has 32 heavy (non-hydrogen) atoms. The molecular formula is C20H15N4NaO6S. The third kappa shape index (κ3) is 6.45. The largest absolute Gasteiger partial charge is 1.00 e. The second-order valence-corrected chi connectivity index (χ2v) is 7.45. The summed E-state index contributed by atoms with van der Waals surface area (Å²) in [4.78, 5) is 10.8. The van der Waals surface area contributed by atoms with Gasteiger partial charge in [0.15, 0.2) is 0 Å². The van der Waals surface area contributed by atoms with E-state index in [-0.39, 0.29) is 58.1 Å². The Morgan fingerprint density at radius 2 is 1.62 bits per heavy atom. The van der Waals surface area contributed by atoms with Crippen molar-refractivity contribution in [3.05, 3.63) is 83.9 Å². The molecule has 0 aromatic heterocycles. The molecule has 0 aliphatic rings. The maximum absolute atomic E-state index is 11.4. The first-order valence-corrected chi connectivity index (χ1v) is 10.1. The topological polar surface area (TPSA) is 164 Å². The summed E-state index contributed by atoms with van der Waals surface area (Å²) in [5, 5.41) is 31.2. The molecular weight excluding hydrogens is 447 g/mol. The molecule has 12 heteroatoms. The van der Waals surface area contributed by atoms with Crippen LogP contribution in [0.5, 0.6) is 5.75 Å². The summed E-state index contributed by atoms with van der Waals surface area (Å²) in [6, 6.07) is 17.5. The van der Waals surface area contributed by atoms with E-state index in [4.69, 9.17) is 0 Å². The maximum atomic E-state index is 11.4. The molecule has 0 fully saturated rings. The summed E-state index contributed by atoms with van der Waals surface area (Å²) >= 11 is 0. The number of azo groups is 1. The molecule has 0 bridgehead atoms. The first kappa shape index (κ1) is 25.2. The molecule has 0 spiro atoms. The van der Waals surface area contributed by atoms with E-state index in [0.717, 1.165) is 18.2 Å². The van der Waals surface area contributed by atoms with Gasteiger partial charge in [0.1, 0.15) is 21.6 Å². The number of hydrogen-bond donors (Lipinski definition) is 3. The van der Waals surface area contributed by atoms with Crippen LogP contribution < -0.4 is 35.0 Å². The molecule has 3 aromatic rings. The van der Waals surface area contributed by atoms with Crippen LogP contribution in [0.2, 0.25) is 0 Å². The normalized spacial score (nSPS) is 11.7. The van der Waals surface area contributed by atoms with Crippen LogP contribution >= 0.6 is 0 Å². The van der Waals surface area contributed by atoms with Gasteiger partial charge in [-0.3, -0.25) is 5.43 Å². The number of rotatable bonds is 6. The third-order valence-electron chi connectivity index (χ3n) is 3.96. The van der Waals surface area contributed by atoms with Gasteiger partial charge < -0.3 is 14.8 Å². The quantitative estimate of drug-likeness (QED) is 0.0916. The molecule has 0 saturated carbocycles. The number of aromatic hydroxyl groups is 1. The van der Waals surface area contributed by atoms with E-state index in [1.165, 1.54) is 12.1 Å². The third-order valence-corrected chi connectivity index (χ3v) is 4.79. The Labute approximate surface area is 205 Å². The van der Waals surface area contributed by atoms with Gasteiger partial charge in [0.25, 0.3) is 0 Å². The van der Waals surface area contributed by atoms with Gasteiger partial charge in [-0.05, 0) is 30.3 Å². The minimum Gasteiger partial charge on any atom is -0.744 e. The number of hydrazone groups is 1. The van der Waals surface area contributed by atoms with Crippen molar-refractivity contribution in [2.45, 2.75) is 4.90 Å². The number of nitrogens with zero attached hydrogens (tertiary/aromatic N) is 3. The van der Waals surface area contributed by atoms with E-state index < -0.39 is 21.0 Å². The summed E-state index contributed by atoms with van der Waals surface area (Å²) in [5.74, 6) is -1.52. The van der Waals surface area contributed by atoms with Crippen LogP contribution in [0.25, 0.3) is 0 Å². The molecule has 0 atom stereocenters. The zero-order chi connectivity index (χ0) is 22.4. The van der Waals surface area contributed by atoms with Crippen molar-refractivity contribution in [3.8, 4) is 5.75 Å². The van der Waals surface area contributed by atoms with Gasteiger partial charge in [-0.15, -0.1) is 10.2 Å². The fourth-order valence-electron chi connectivity index (χ4n) is 2.45. The minimum atomic E-state index is -4.74. The second-order valence-electron chi connectivity index (χ2n) is 6.07. The molecule has 0 radical (unpaired) electrons. The predicted molar refractivity (Wildman–Crippen MR) is 111 cm³/mol. The van der Waals surface area contributed by atoms with Gasteiger partial charge >= 0.3 is 35.5 Å². The SMILES string of the molecule is O=C(O)c1ccccc1N=N/C(=N/Nc1cc(S(=O)(=O)[O-])ccc1O)c1ccccc1.[Na+]. The van der Waals surface area contributed by atoms with E-state index in [0.29, 0.717) is 5.56 Å².